The van der Waals surface area contributed by atoms with Gasteiger partial charge in [0.05, 0.1) is 19.8 Å². The molecule has 0 saturated carbocycles. The third kappa shape index (κ3) is 8.26. The molecule has 6 heteroatoms. The Labute approximate surface area is 173 Å². The second kappa shape index (κ2) is 13.4. The number of rotatable bonds is 10. The predicted octanol–water partition coefficient (Wildman–Crippen LogP) is 2.55. The molecule has 0 spiro atoms. The van der Waals surface area contributed by atoms with Gasteiger partial charge in [-0.2, -0.15) is 0 Å². The van der Waals surface area contributed by atoms with Crippen molar-refractivity contribution in [3.8, 4) is 0 Å². The monoisotopic (exact) mass is 395 g/mol. The average Bonchev–Trinajstić information content (AvgIpc) is 2.69. The first-order valence-corrected chi connectivity index (χ1v) is 11.7. The van der Waals surface area contributed by atoms with Crippen molar-refractivity contribution in [1.29, 1.82) is 0 Å². The number of aliphatic imine (C=N–C) groups is 1. The van der Waals surface area contributed by atoms with Gasteiger partial charge in [-0.25, -0.2) is 0 Å². The van der Waals surface area contributed by atoms with E-state index in [4.69, 9.17) is 9.73 Å². The van der Waals surface area contributed by atoms with E-state index >= 15 is 0 Å². The second-order valence-electron chi connectivity index (χ2n) is 8.69. The zero-order valence-electron chi connectivity index (χ0n) is 18.9. The molecule has 2 N–H and O–H groups in total. The number of likely N-dealkylation sites (tertiary alicyclic amines) is 1. The van der Waals surface area contributed by atoms with Crippen LogP contribution in [-0.2, 0) is 4.74 Å². The van der Waals surface area contributed by atoms with Gasteiger partial charge < -0.3 is 20.3 Å². The number of nitrogens with one attached hydrogen (secondary N) is 2. The van der Waals surface area contributed by atoms with Crippen molar-refractivity contribution in [2.24, 2.45) is 10.9 Å². The predicted molar refractivity (Wildman–Crippen MR) is 119 cm³/mol. The van der Waals surface area contributed by atoms with Crippen molar-refractivity contribution in [2.75, 3.05) is 59.0 Å². The van der Waals surface area contributed by atoms with Gasteiger partial charge in [-0.15, -0.1) is 0 Å². The summed E-state index contributed by atoms with van der Waals surface area (Å²) in [5.74, 6) is 1.56. The molecule has 2 rings (SSSR count). The first-order valence-electron chi connectivity index (χ1n) is 11.7. The van der Waals surface area contributed by atoms with Crippen LogP contribution >= 0.6 is 0 Å². The molecule has 0 aromatic heterocycles. The summed E-state index contributed by atoms with van der Waals surface area (Å²) in [5, 5.41) is 6.96. The lowest BCUT2D eigenvalue weighted by molar-refractivity contribution is 0.00867. The standard InChI is InChI=1S/C22H45N5O/c1-5-23-22(24-11-7-9-13-26-12-8-6-10-20(26)4)25-18-21(19(2)3)27-14-16-28-17-15-27/h19-21H,5-18H2,1-4H3,(H2,23,24,25). The molecule has 2 atom stereocenters. The van der Waals surface area contributed by atoms with Gasteiger partial charge >= 0.3 is 0 Å². The lowest BCUT2D eigenvalue weighted by atomic mass is 10.0. The fraction of sp³-hybridized carbons (Fsp3) is 0.955. The number of morpholine rings is 1. The highest BCUT2D eigenvalue weighted by atomic mass is 16.5. The molecular formula is C22H45N5O. The SMILES string of the molecule is CCNC(=NCC(C(C)C)N1CCOCC1)NCCCCN1CCCCC1C. The minimum atomic E-state index is 0.486. The van der Waals surface area contributed by atoms with Gasteiger partial charge in [0.25, 0.3) is 0 Å². The van der Waals surface area contributed by atoms with E-state index in [9.17, 15) is 0 Å². The van der Waals surface area contributed by atoms with Gasteiger partial charge in [0.2, 0.25) is 0 Å². The van der Waals surface area contributed by atoms with Crippen LogP contribution in [0.2, 0.25) is 0 Å². The normalized spacial score (nSPS) is 23.8. The largest absolute Gasteiger partial charge is 0.379 e. The Kier molecular flexibility index (Phi) is 11.2. The van der Waals surface area contributed by atoms with Crippen LogP contribution in [-0.4, -0.2) is 86.9 Å². The smallest absolute Gasteiger partial charge is 0.191 e. The first kappa shape index (κ1) is 23.4. The van der Waals surface area contributed by atoms with Crippen LogP contribution in [0.15, 0.2) is 4.99 Å². The van der Waals surface area contributed by atoms with E-state index in [0.29, 0.717) is 12.0 Å². The average molecular weight is 396 g/mol. The van der Waals surface area contributed by atoms with E-state index in [1.54, 1.807) is 0 Å². The Hall–Kier alpha value is -0.850. The van der Waals surface area contributed by atoms with Crippen molar-refractivity contribution in [2.45, 2.75) is 71.9 Å². The molecule has 0 bridgehead atoms. The fourth-order valence-corrected chi connectivity index (χ4v) is 4.32. The zero-order valence-corrected chi connectivity index (χ0v) is 18.9. The number of piperidine rings is 1. The van der Waals surface area contributed by atoms with Crippen LogP contribution in [0.5, 0.6) is 0 Å². The van der Waals surface area contributed by atoms with Crippen molar-refractivity contribution >= 4 is 5.96 Å². The van der Waals surface area contributed by atoms with Gasteiger partial charge in [0.1, 0.15) is 0 Å². The highest BCUT2D eigenvalue weighted by Crippen LogP contribution is 2.16. The zero-order chi connectivity index (χ0) is 20.2. The number of guanidine groups is 1. The Balaban J connectivity index is 1.72. The van der Waals surface area contributed by atoms with Crippen molar-refractivity contribution in [1.82, 2.24) is 20.4 Å². The Bertz CT molecular complexity index is 437. The summed E-state index contributed by atoms with van der Waals surface area (Å²) in [5.41, 5.74) is 0. The molecule has 0 amide bonds. The molecule has 6 nitrogen and oxygen atoms in total. The number of ether oxygens (including phenoxy) is 1. The summed E-state index contributed by atoms with van der Waals surface area (Å²) in [7, 11) is 0. The first-order chi connectivity index (χ1) is 13.6. The molecule has 0 aliphatic carbocycles. The van der Waals surface area contributed by atoms with Crippen LogP contribution in [0, 0.1) is 5.92 Å². The number of nitrogens with zero attached hydrogens (tertiary/aromatic N) is 3. The molecule has 2 aliphatic rings. The number of hydrogen-bond donors (Lipinski definition) is 2. The highest BCUT2D eigenvalue weighted by molar-refractivity contribution is 5.79. The van der Waals surface area contributed by atoms with E-state index in [1.807, 2.05) is 0 Å². The minimum Gasteiger partial charge on any atom is -0.379 e. The van der Waals surface area contributed by atoms with Crippen molar-refractivity contribution in [3.63, 3.8) is 0 Å². The summed E-state index contributed by atoms with van der Waals surface area (Å²) in [6.07, 6.45) is 6.61. The molecule has 2 fully saturated rings. The quantitative estimate of drug-likeness (QED) is 0.338. The molecule has 2 heterocycles. The second-order valence-corrected chi connectivity index (χ2v) is 8.69. The van der Waals surface area contributed by atoms with Crippen LogP contribution < -0.4 is 10.6 Å². The maximum absolute atomic E-state index is 5.51. The van der Waals surface area contributed by atoms with Gasteiger partial charge in [0, 0.05) is 38.3 Å². The number of unbranched alkanes of at least 4 members (excludes halogenated alkanes) is 1. The van der Waals surface area contributed by atoms with Crippen molar-refractivity contribution < 1.29 is 4.74 Å². The summed E-state index contributed by atoms with van der Waals surface area (Å²) < 4.78 is 5.51. The van der Waals surface area contributed by atoms with E-state index in [0.717, 1.165) is 57.9 Å². The maximum atomic E-state index is 5.51. The summed E-state index contributed by atoms with van der Waals surface area (Å²) in [4.78, 5) is 10.1. The highest BCUT2D eigenvalue weighted by Gasteiger charge is 2.23. The molecular weight excluding hydrogens is 350 g/mol. The maximum Gasteiger partial charge on any atom is 0.191 e. The fourth-order valence-electron chi connectivity index (χ4n) is 4.32. The van der Waals surface area contributed by atoms with Crippen LogP contribution in [0.25, 0.3) is 0 Å². The Morgan fingerprint density at radius 3 is 2.57 bits per heavy atom. The van der Waals surface area contributed by atoms with Gasteiger partial charge in [0.15, 0.2) is 5.96 Å². The third-order valence-electron chi connectivity index (χ3n) is 6.17. The summed E-state index contributed by atoms with van der Waals surface area (Å²) in [6, 6.07) is 1.26. The van der Waals surface area contributed by atoms with E-state index < -0.39 is 0 Å². The third-order valence-corrected chi connectivity index (χ3v) is 6.17. The van der Waals surface area contributed by atoms with Crippen LogP contribution in [0.1, 0.15) is 59.8 Å². The van der Waals surface area contributed by atoms with E-state index in [2.05, 4.69) is 48.1 Å². The van der Waals surface area contributed by atoms with E-state index in [-0.39, 0.29) is 0 Å². The van der Waals surface area contributed by atoms with Crippen LogP contribution in [0.3, 0.4) is 0 Å². The minimum absolute atomic E-state index is 0.486. The molecule has 2 aliphatic heterocycles. The molecule has 0 radical (unpaired) electrons. The van der Waals surface area contributed by atoms with Crippen LogP contribution in [0.4, 0.5) is 0 Å². The lowest BCUT2D eigenvalue weighted by Crippen LogP contribution is -2.48. The lowest BCUT2D eigenvalue weighted by Gasteiger charge is -2.36. The summed E-state index contributed by atoms with van der Waals surface area (Å²) in [6.45, 7) is 18.1. The van der Waals surface area contributed by atoms with Gasteiger partial charge in [-0.1, -0.05) is 20.3 Å². The van der Waals surface area contributed by atoms with Gasteiger partial charge in [-0.3, -0.25) is 9.89 Å². The summed E-state index contributed by atoms with van der Waals surface area (Å²) >= 11 is 0. The number of hydrogen-bond acceptors (Lipinski definition) is 4. The van der Waals surface area contributed by atoms with E-state index in [1.165, 1.54) is 45.2 Å². The Morgan fingerprint density at radius 1 is 1.11 bits per heavy atom. The Morgan fingerprint density at radius 2 is 1.89 bits per heavy atom. The molecule has 0 aromatic rings. The molecule has 164 valence electrons. The molecule has 0 aromatic carbocycles. The van der Waals surface area contributed by atoms with Gasteiger partial charge in [-0.05, 0) is 58.5 Å². The molecule has 2 unspecified atom stereocenters. The van der Waals surface area contributed by atoms with Crippen molar-refractivity contribution in [3.05, 3.63) is 0 Å². The topological polar surface area (TPSA) is 52.1 Å². The molecule has 28 heavy (non-hydrogen) atoms. The molecule has 2 saturated heterocycles.